The Kier molecular flexibility index (Phi) is 2.65. The van der Waals surface area contributed by atoms with Gasteiger partial charge in [-0.15, -0.1) is 0 Å². The van der Waals surface area contributed by atoms with Crippen molar-refractivity contribution >= 4 is 17.1 Å². The quantitative estimate of drug-likeness (QED) is 0.854. The standard InChI is InChI=1S/C11H17N5O/c1-5-17-9-7-8(14-10(12)15-9)16(6-13-7)11(2,3)4/h6H,5H2,1-4H3,(H2,12,14,15). The van der Waals surface area contributed by atoms with Crippen LogP contribution in [0.3, 0.4) is 0 Å². The largest absolute Gasteiger partial charge is 0.476 e. The Morgan fingerprint density at radius 3 is 2.65 bits per heavy atom. The lowest BCUT2D eigenvalue weighted by atomic mass is 10.1. The van der Waals surface area contributed by atoms with Crippen molar-refractivity contribution in [3.05, 3.63) is 6.33 Å². The van der Waals surface area contributed by atoms with E-state index in [1.165, 1.54) is 0 Å². The average molecular weight is 235 g/mol. The number of anilines is 1. The van der Waals surface area contributed by atoms with Crippen LogP contribution in [-0.4, -0.2) is 26.1 Å². The second-order valence-corrected chi connectivity index (χ2v) is 4.78. The molecule has 0 spiro atoms. The molecule has 2 aromatic rings. The minimum atomic E-state index is -0.112. The molecule has 0 aliphatic rings. The SMILES string of the molecule is CCOc1nc(N)nc2c1ncn2C(C)(C)C. The minimum Gasteiger partial charge on any atom is -0.476 e. The molecule has 0 fully saturated rings. The molecular formula is C11H17N5O. The highest BCUT2D eigenvalue weighted by Crippen LogP contribution is 2.26. The van der Waals surface area contributed by atoms with E-state index in [1.54, 1.807) is 6.33 Å². The lowest BCUT2D eigenvalue weighted by Gasteiger charge is -2.20. The van der Waals surface area contributed by atoms with Gasteiger partial charge in [-0.2, -0.15) is 9.97 Å². The van der Waals surface area contributed by atoms with Gasteiger partial charge in [0, 0.05) is 5.54 Å². The van der Waals surface area contributed by atoms with Gasteiger partial charge in [0.1, 0.15) is 0 Å². The molecule has 2 N–H and O–H groups in total. The summed E-state index contributed by atoms with van der Waals surface area (Å²) in [6, 6.07) is 0. The number of hydrogen-bond acceptors (Lipinski definition) is 5. The predicted octanol–water partition coefficient (Wildman–Crippen LogP) is 1.56. The van der Waals surface area contributed by atoms with Crippen molar-refractivity contribution in [3.63, 3.8) is 0 Å². The van der Waals surface area contributed by atoms with Crippen LogP contribution in [0.4, 0.5) is 5.95 Å². The molecule has 2 rings (SSSR count). The van der Waals surface area contributed by atoms with Gasteiger partial charge in [-0.3, -0.25) is 0 Å². The molecule has 0 saturated carbocycles. The van der Waals surface area contributed by atoms with E-state index in [2.05, 4.69) is 35.7 Å². The van der Waals surface area contributed by atoms with Gasteiger partial charge < -0.3 is 15.0 Å². The van der Waals surface area contributed by atoms with Crippen molar-refractivity contribution in [2.24, 2.45) is 0 Å². The fourth-order valence-electron chi connectivity index (χ4n) is 1.62. The summed E-state index contributed by atoms with van der Waals surface area (Å²) in [5.74, 6) is 0.643. The van der Waals surface area contributed by atoms with E-state index in [9.17, 15) is 0 Å². The van der Waals surface area contributed by atoms with Crippen LogP contribution in [0, 0.1) is 0 Å². The van der Waals surface area contributed by atoms with Crippen LogP contribution in [0.5, 0.6) is 5.88 Å². The average Bonchev–Trinajstić information content (AvgIpc) is 2.60. The second kappa shape index (κ2) is 3.87. The molecule has 0 radical (unpaired) electrons. The Hall–Kier alpha value is -1.85. The van der Waals surface area contributed by atoms with Crippen molar-refractivity contribution in [2.75, 3.05) is 12.3 Å². The van der Waals surface area contributed by atoms with Crippen molar-refractivity contribution in [2.45, 2.75) is 33.2 Å². The monoisotopic (exact) mass is 235 g/mol. The van der Waals surface area contributed by atoms with Crippen LogP contribution >= 0.6 is 0 Å². The number of imidazole rings is 1. The van der Waals surface area contributed by atoms with Crippen LogP contribution < -0.4 is 10.5 Å². The van der Waals surface area contributed by atoms with E-state index in [-0.39, 0.29) is 11.5 Å². The van der Waals surface area contributed by atoms with Crippen LogP contribution in [0.1, 0.15) is 27.7 Å². The molecule has 0 aliphatic carbocycles. The number of nitrogens with two attached hydrogens (primary N) is 1. The molecule has 0 atom stereocenters. The lowest BCUT2D eigenvalue weighted by molar-refractivity contribution is 0.330. The molecule has 2 aromatic heterocycles. The molecule has 0 aliphatic heterocycles. The van der Waals surface area contributed by atoms with Crippen molar-refractivity contribution in [1.82, 2.24) is 19.5 Å². The summed E-state index contributed by atoms with van der Waals surface area (Å²) in [5.41, 5.74) is 6.92. The first-order chi connectivity index (χ1) is 7.93. The number of aromatic nitrogens is 4. The first-order valence-electron chi connectivity index (χ1n) is 5.57. The van der Waals surface area contributed by atoms with E-state index in [0.717, 1.165) is 0 Å². The molecule has 2 heterocycles. The molecule has 6 nitrogen and oxygen atoms in total. The molecule has 17 heavy (non-hydrogen) atoms. The fraction of sp³-hybridized carbons (Fsp3) is 0.545. The Balaban J connectivity index is 2.69. The predicted molar refractivity (Wildman–Crippen MR) is 65.9 cm³/mol. The van der Waals surface area contributed by atoms with Crippen molar-refractivity contribution in [3.8, 4) is 5.88 Å². The molecule has 0 aromatic carbocycles. The summed E-state index contributed by atoms with van der Waals surface area (Å²) in [7, 11) is 0. The normalized spacial score (nSPS) is 12.0. The number of fused-ring (bicyclic) bond motifs is 1. The zero-order valence-corrected chi connectivity index (χ0v) is 10.6. The van der Waals surface area contributed by atoms with Crippen LogP contribution in [0.15, 0.2) is 6.33 Å². The number of nitrogens with zero attached hydrogens (tertiary/aromatic N) is 4. The molecule has 0 bridgehead atoms. The van der Waals surface area contributed by atoms with Gasteiger partial charge >= 0.3 is 0 Å². The van der Waals surface area contributed by atoms with E-state index in [0.29, 0.717) is 23.7 Å². The number of rotatable bonds is 2. The van der Waals surface area contributed by atoms with Crippen LogP contribution in [-0.2, 0) is 5.54 Å². The van der Waals surface area contributed by atoms with E-state index in [1.807, 2.05) is 11.5 Å². The number of ether oxygens (including phenoxy) is 1. The van der Waals surface area contributed by atoms with Crippen molar-refractivity contribution < 1.29 is 4.74 Å². The number of hydrogen-bond donors (Lipinski definition) is 1. The topological polar surface area (TPSA) is 78.8 Å². The van der Waals surface area contributed by atoms with Crippen LogP contribution in [0.2, 0.25) is 0 Å². The summed E-state index contributed by atoms with van der Waals surface area (Å²) in [5, 5.41) is 0. The molecule has 0 amide bonds. The smallest absolute Gasteiger partial charge is 0.247 e. The van der Waals surface area contributed by atoms with Gasteiger partial charge in [-0.1, -0.05) is 0 Å². The third kappa shape index (κ3) is 2.02. The summed E-state index contributed by atoms with van der Waals surface area (Å²) < 4.78 is 7.38. The summed E-state index contributed by atoms with van der Waals surface area (Å²) in [6.07, 6.45) is 1.74. The maximum Gasteiger partial charge on any atom is 0.247 e. The van der Waals surface area contributed by atoms with E-state index >= 15 is 0 Å². The second-order valence-electron chi connectivity index (χ2n) is 4.78. The highest BCUT2D eigenvalue weighted by molar-refractivity contribution is 5.77. The maximum atomic E-state index is 5.68. The number of nitrogen functional groups attached to an aromatic ring is 1. The first-order valence-corrected chi connectivity index (χ1v) is 5.57. The van der Waals surface area contributed by atoms with Gasteiger partial charge in [-0.05, 0) is 27.7 Å². The van der Waals surface area contributed by atoms with Gasteiger partial charge in [0.25, 0.3) is 0 Å². The van der Waals surface area contributed by atoms with Gasteiger partial charge in [0.15, 0.2) is 11.2 Å². The Bertz CT molecular complexity index is 541. The fourth-order valence-corrected chi connectivity index (χ4v) is 1.62. The van der Waals surface area contributed by atoms with Gasteiger partial charge in [0.2, 0.25) is 11.8 Å². The Labute approximate surface area is 99.8 Å². The van der Waals surface area contributed by atoms with E-state index < -0.39 is 0 Å². The summed E-state index contributed by atoms with van der Waals surface area (Å²) in [6.45, 7) is 8.64. The summed E-state index contributed by atoms with van der Waals surface area (Å²) in [4.78, 5) is 12.6. The first kappa shape index (κ1) is 11.6. The van der Waals surface area contributed by atoms with Crippen molar-refractivity contribution in [1.29, 1.82) is 0 Å². The lowest BCUT2D eigenvalue weighted by Crippen LogP contribution is -2.21. The summed E-state index contributed by atoms with van der Waals surface area (Å²) >= 11 is 0. The van der Waals surface area contributed by atoms with Gasteiger partial charge in [0.05, 0.1) is 12.9 Å². The minimum absolute atomic E-state index is 0.112. The van der Waals surface area contributed by atoms with Crippen LogP contribution in [0.25, 0.3) is 11.2 Å². The Morgan fingerprint density at radius 2 is 2.06 bits per heavy atom. The highest BCUT2D eigenvalue weighted by Gasteiger charge is 2.20. The molecular weight excluding hydrogens is 218 g/mol. The molecule has 0 unspecified atom stereocenters. The Morgan fingerprint density at radius 1 is 1.35 bits per heavy atom. The molecule has 6 heteroatoms. The molecule has 0 saturated heterocycles. The highest BCUT2D eigenvalue weighted by atomic mass is 16.5. The molecule has 92 valence electrons. The zero-order chi connectivity index (χ0) is 12.6. The van der Waals surface area contributed by atoms with Gasteiger partial charge in [-0.25, -0.2) is 4.98 Å². The maximum absolute atomic E-state index is 5.68. The zero-order valence-electron chi connectivity index (χ0n) is 10.6. The third-order valence-corrected chi connectivity index (χ3v) is 2.39. The van der Waals surface area contributed by atoms with E-state index in [4.69, 9.17) is 10.5 Å². The third-order valence-electron chi connectivity index (χ3n) is 2.39.